The number of alkyl carbamates (subject to hydrolysis) is 1. The lowest BCUT2D eigenvalue weighted by Gasteiger charge is -2.20. The Labute approximate surface area is 226 Å². The topological polar surface area (TPSA) is 102 Å². The molecule has 2 aromatic rings. The third kappa shape index (κ3) is 8.48. The Bertz CT molecular complexity index is 1220. The third-order valence-corrected chi connectivity index (χ3v) is 7.99. The Kier molecular flexibility index (Phi) is 10.2. The van der Waals surface area contributed by atoms with Crippen molar-refractivity contribution in [2.24, 2.45) is 0 Å². The van der Waals surface area contributed by atoms with Crippen LogP contribution in [0, 0.1) is 0 Å². The fourth-order valence-corrected chi connectivity index (χ4v) is 5.72. The van der Waals surface area contributed by atoms with E-state index in [1.807, 2.05) is 0 Å². The van der Waals surface area contributed by atoms with E-state index in [0.29, 0.717) is 35.6 Å². The zero-order valence-electron chi connectivity index (χ0n) is 22.9. The summed E-state index contributed by atoms with van der Waals surface area (Å²) in [5.74, 6) is 0.493. The van der Waals surface area contributed by atoms with Crippen molar-refractivity contribution in [2.75, 3.05) is 30.3 Å². The van der Waals surface area contributed by atoms with Crippen molar-refractivity contribution < 1.29 is 27.5 Å². The highest BCUT2D eigenvalue weighted by Crippen LogP contribution is 2.32. The summed E-state index contributed by atoms with van der Waals surface area (Å²) in [5, 5.41) is 2.63. The zero-order valence-corrected chi connectivity index (χ0v) is 23.7. The summed E-state index contributed by atoms with van der Waals surface area (Å²) in [6.45, 7) is 8.48. The Morgan fingerprint density at radius 1 is 1.03 bits per heavy atom. The van der Waals surface area contributed by atoms with Crippen LogP contribution in [0.4, 0.5) is 10.5 Å². The van der Waals surface area contributed by atoms with E-state index in [1.54, 1.807) is 68.1 Å². The van der Waals surface area contributed by atoms with Gasteiger partial charge in [0.15, 0.2) is 9.84 Å². The van der Waals surface area contributed by atoms with Crippen LogP contribution in [0.2, 0.25) is 0 Å². The van der Waals surface area contributed by atoms with Crippen LogP contribution < -0.4 is 15.0 Å². The number of carbonyl (C=O) groups excluding carboxylic acids is 2. The number of sulfone groups is 1. The van der Waals surface area contributed by atoms with Gasteiger partial charge in [-0.2, -0.15) is 0 Å². The van der Waals surface area contributed by atoms with E-state index in [0.717, 1.165) is 36.9 Å². The average molecular weight is 545 g/mol. The van der Waals surface area contributed by atoms with Crippen molar-refractivity contribution >= 4 is 27.5 Å². The fourth-order valence-electron chi connectivity index (χ4n) is 4.31. The van der Waals surface area contributed by atoms with Gasteiger partial charge in [0, 0.05) is 17.8 Å². The molecular formula is C29H40N2O6S. The Morgan fingerprint density at radius 2 is 1.79 bits per heavy atom. The number of benzene rings is 2. The summed E-state index contributed by atoms with van der Waals surface area (Å²) in [4.78, 5) is 27.1. The van der Waals surface area contributed by atoms with Gasteiger partial charge in [0.1, 0.15) is 18.0 Å². The number of anilines is 1. The Morgan fingerprint density at radius 3 is 2.53 bits per heavy atom. The standard InChI is InChI=1S/C29H40N2O6S/c1-5-6-7-8-9-19-38(34,35)25-13-14-26-22(21-25)15-17-31(26)27(32)23-11-10-12-24(20-23)36-18-16-30-28(33)37-29(2,3)4/h10-14,20-21H,5-9,15-19H2,1-4H3,(H,30,33). The van der Waals surface area contributed by atoms with Crippen LogP contribution in [0.25, 0.3) is 0 Å². The fraction of sp³-hybridized carbons (Fsp3) is 0.517. The van der Waals surface area contributed by atoms with Crippen LogP contribution in [0.1, 0.15) is 75.7 Å². The molecule has 0 aromatic heterocycles. The van der Waals surface area contributed by atoms with Crippen molar-refractivity contribution in [2.45, 2.75) is 76.7 Å². The first-order valence-electron chi connectivity index (χ1n) is 13.4. The molecule has 0 aliphatic carbocycles. The number of nitrogens with zero attached hydrogens (tertiary/aromatic N) is 1. The minimum atomic E-state index is -3.34. The summed E-state index contributed by atoms with van der Waals surface area (Å²) in [7, 11) is -3.34. The number of ether oxygens (including phenoxy) is 2. The van der Waals surface area contributed by atoms with E-state index in [2.05, 4.69) is 12.2 Å². The Hall–Kier alpha value is -3.07. The van der Waals surface area contributed by atoms with E-state index in [9.17, 15) is 18.0 Å². The van der Waals surface area contributed by atoms with E-state index < -0.39 is 21.5 Å². The van der Waals surface area contributed by atoms with Crippen LogP contribution in [0.15, 0.2) is 47.4 Å². The second kappa shape index (κ2) is 13.1. The molecule has 8 nitrogen and oxygen atoms in total. The second-order valence-corrected chi connectivity index (χ2v) is 12.6. The van der Waals surface area contributed by atoms with Gasteiger partial charge >= 0.3 is 6.09 Å². The molecule has 0 atom stereocenters. The summed E-state index contributed by atoms with van der Waals surface area (Å²) in [6.07, 6.45) is 4.99. The number of unbranched alkanes of at least 4 members (excludes halogenated alkanes) is 4. The van der Waals surface area contributed by atoms with Gasteiger partial charge in [-0.15, -0.1) is 0 Å². The minimum absolute atomic E-state index is 0.151. The SMILES string of the molecule is CCCCCCCS(=O)(=O)c1ccc2c(c1)CCN2C(=O)c1cccc(OCCNC(=O)OC(C)(C)C)c1. The van der Waals surface area contributed by atoms with Gasteiger partial charge < -0.3 is 19.7 Å². The maximum Gasteiger partial charge on any atom is 0.407 e. The van der Waals surface area contributed by atoms with E-state index in [-0.39, 0.29) is 24.8 Å². The predicted octanol–water partition coefficient (Wildman–Crippen LogP) is 5.54. The lowest BCUT2D eigenvalue weighted by atomic mass is 10.1. The van der Waals surface area contributed by atoms with Crippen molar-refractivity contribution in [3.05, 3.63) is 53.6 Å². The smallest absolute Gasteiger partial charge is 0.407 e. The Balaban J connectivity index is 1.58. The molecule has 2 amide bonds. The van der Waals surface area contributed by atoms with Gasteiger partial charge in [-0.3, -0.25) is 4.79 Å². The first kappa shape index (κ1) is 29.5. The number of rotatable bonds is 12. The van der Waals surface area contributed by atoms with Crippen molar-refractivity contribution in [3.63, 3.8) is 0 Å². The molecule has 0 spiro atoms. The molecule has 1 aliphatic heterocycles. The van der Waals surface area contributed by atoms with Gasteiger partial charge in [0.2, 0.25) is 0 Å². The molecule has 0 bridgehead atoms. The molecular weight excluding hydrogens is 504 g/mol. The molecule has 2 aromatic carbocycles. The summed E-state index contributed by atoms with van der Waals surface area (Å²) in [5.41, 5.74) is 1.51. The molecule has 9 heteroatoms. The molecule has 0 fully saturated rings. The van der Waals surface area contributed by atoms with Crippen LogP contribution in [0.3, 0.4) is 0 Å². The quantitative estimate of drug-likeness (QED) is 0.352. The number of hydrogen-bond acceptors (Lipinski definition) is 6. The summed E-state index contributed by atoms with van der Waals surface area (Å²) in [6, 6.07) is 12.0. The third-order valence-electron chi connectivity index (χ3n) is 6.19. The molecule has 38 heavy (non-hydrogen) atoms. The van der Waals surface area contributed by atoms with Crippen LogP contribution >= 0.6 is 0 Å². The number of fused-ring (bicyclic) bond motifs is 1. The first-order chi connectivity index (χ1) is 18.0. The maximum atomic E-state index is 13.3. The molecule has 1 N–H and O–H groups in total. The van der Waals surface area contributed by atoms with Gasteiger partial charge in [-0.05, 0) is 75.6 Å². The normalized spacial score (nSPS) is 13.2. The largest absolute Gasteiger partial charge is 0.492 e. The van der Waals surface area contributed by atoms with E-state index >= 15 is 0 Å². The number of carbonyl (C=O) groups is 2. The predicted molar refractivity (Wildman–Crippen MR) is 149 cm³/mol. The lowest BCUT2D eigenvalue weighted by Crippen LogP contribution is -2.34. The maximum absolute atomic E-state index is 13.3. The molecule has 208 valence electrons. The minimum Gasteiger partial charge on any atom is -0.492 e. The van der Waals surface area contributed by atoms with Gasteiger partial charge in [-0.1, -0.05) is 38.7 Å². The molecule has 0 radical (unpaired) electrons. The van der Waals surface area contributed by atoms with Crippen molar-refractivity contribution in [1.29, 1.82) is 0 Å². The second-order valence-electron chi connectivity index (χ2n) is 10.5. The van der Waals surface area contributed by atoms with Crippen LogP contribution in [-0.2, 0) is 21.0 Å². The molecule has 1 heterocycles. The number of nitrogens with one attached hydrogen (secondary N) is 1. The van der Waals surface area contributed by atoms with Gasteiger partial charge in [0.25, 0.3) is 5.91 Å². The molecule has 1 aliphatic rings. The van der Waals surface area contributed by atoms with Gasteiger partial charge in [0.05, 0.1) is 17.2 Å². The highest BCUT2D eigenvalue weighted by atomic mass is 32.2. The monoisotopic (exact) mass is 544 g/mol. The van der Waals surface area contributed by atoms with Gasteiger partial charge in [-0.25, -0.2) is 13.2 Å². The highest BCUT2D eigenvalue weighted by molar-refractivity contribution is 7.91. The van der Waals surface area contributed by atoms with Crippen molar-refractivity contribution in [3.8, 4) is 5.75 Å². The van der Waals surface area contributed by atoms with E-state index in [1.165, 1.54) is 0 Å². The number of amides is 2. The average Bonchev–Trinajstić information content (AvgIpc) is 3.28. The molecule has 0 unspecified atom stereocenters. The molecule has 0 saturated heterocycles. The van der Waals surface area contributed by atoms with E-state index in [4.69, 9.17) is 9.47 Å². The summed E-state index contributed by atoms with van der Waals surface area (Å²) >= 11 is 0. The molecule has 0 saturated carbocycles. The van der Waals surface area contributed by atoms with Crippen LogP contribution in [0.5, 0.6) is 5.75 Å². The zero-order chi connectivity index (χ0) is 27.8. The van der Waals surface area contributed by atoms with Crippen LogP contribution in [-0.4, -0.2) is 51.5 Å². The number of hydrogen-bond donors (Lipinski definition) is 1. The van der Waals surface area contributed by atoms with Crippen molar-refractivity contribution in [1.82, 2.24) is 5.32 Å². The highest BCUT2D eigenvalue weighted by Gasteiger charge is 2.27. The summed E-state index contributed by atoms with van der Waals surface area (Å²) < 4.78 is 36.5. The molecule has 3 rings (SSSR count). The lowest BCUT2D eigenvalue weighted by molar-refractivity contribution is 0.0520. The first-order valence-corrected chi connectivity index (χ1v) is 15.0.